The zero-order valence-corrected chi connectivity index (χ0v) is 30.4. The van der Waals surface area contributed by atoms with E-state index in [4.69, 9.17) is 0 Å². The average Bonchev–Trinajstić information content (AvgIpc) is 2.81. The summed E-state index contributed by atoms with van der Waals surface area (Å²) in [6.07, 6.45) is 0. The Kier molecular flexibility index (Phi) is 6.59. The normalized spacial score (nSPS) is 14.6. The molecule has 0 spiro atoms. The van der Waals surface area contributed by atoms with Gasteiger partial charge in [-0.1, -0.05) is 124 Å². The molecule has 0 unspecified atom stereocenters. The van der Waals surface area contributed by atoms with Crippen LogP contribution in [0.2, 0.25) is 78.6 Å². The molecule has 208 valence electrons. The molecule has 0 saturated heterocycles. The zero-order chi connectivity index (χ0) is 29.7. The number of benzene rings is 4. The third-order valence-corrected chi connectivity index (χ3v) is 16.7. The summed E-state index contributed by atoms with van der Waals surface area (Å²) in [6, 6.07) is 17.5. The molecule has 40 heavy (non-hydrogen) atoms. The van der Waals surface area contributed by atoms with Crippen molar-refractivity contribution >= 4 is 86.2 Å². The van der Waals surface area contributed by atoms with E-state index >= 15 is 0 Å². The van der Waals surface area contributed by atoms with E-state index in [0.29, 0.717) is 22.3 Å². The maximum Gasteiger partial charge on any atom is 0.194 e. The van der Waals surface area contributed by atoms with Crippen molar-refractivity contribution in [2.75, 3.05) is 0 Å². The highest BCUT2D eigenvalue weighted by Crippen LogP contribution is 2.34. The Labute approximate surface area is 244 Å². The van der Waals surface area contributed by atoms with Crippen LogP contribution in [-0.4, -0.2) is 43.9 Å². The lowest BCUT2D eigenvalue weighted by molar-refractivity contribution is 0.0979. The summed E-state index contributed by atoms with van der Waals surface area (Å²) < 4.78 is 0. The van der Waals surface area contributed by atoms with Crippen molar-refractivity contribution in [2.24, 2.45) is 0 Å². The Morgan fingerprint density at radius 3 is 0.675 bits per heavy atom. The van der Waals surface area contributed by atoms with Gasteiger partial charge in [0.15, 0.2) is 11.6 Å². The molecule has 6 heteroatoms. The topological polar surface area (TPSA) is 34.1 Å². The van der Waals surface area contributed by atoms with Gasteiger partial charge < -0.3 is 0 Å². The number of rotatable bonds is 4. The predicted molar refractivity (Wildman–Crippen MR) is 187 cm³/mol. The SMILES string of the molecule is C[Si](C)(C)c1ccc([Si](C)(C)C)c2cc3c(cc12)C(=O)c1cc2c([Si](C)(C)C)ccc([Si](C)(C)C)c2cc1C3=O. The third-order valence-electron chi connectivity index (χ3n) is 8.52. The molecule has 0 fully saturated rings. The minimum absolute atomic E-state index is 0.00624. The Morgan fingerprint density at radius 1 is 0.350 bits per heavy atom. The third kappa shape index (κ3) is 4.67. The van der Waals surface area contributed by atoms with Gasteiger partial charge in [-0.25, -0.2) is 0 Å². The first-order valence-electron chi connectivity index (χ1n) is 14.5. The van der Waals surface area contributed by atoms with E-state index < -0.39 is 32.3 Å². The van der Waals surface area contributed by atoms with Gasteiger partial charge in [-0.15, -0.1) is 0 Å². The smallest absolute Gasteiger partial charge is 0.194 e. The van der Waals surface area contributed by atoms with Crippen LogP contribution in [0.5, 0.6) is 0 Å². The van der Waals surface area contributed by atoms with E-state index in [1.807, 2.05) is 0 Å². The molecule has 0 bridgehead atoms. The van der Waals surface area contributed by atoms with Gasteiger partial charge in [0.1, 0.15) is 0 Å². The number of carbonyl (C=O) groups excluding carboxylic acids is 2. The number of ketones is 2. The highest BCUT2D eigenvalue weighted by Gasteiger charge is 2.35. The van der Waals surface area contributed by atoms with Gasteiger partial charge in [0.25, 0.3) is 0 Å². The van der Waals surface area contributed by atoms with Gasteiger partial charge in [0.2, 0.25) is 0 Å². The highest BCUT2D eigenvalue weighted by molar-refractivity contribution is 6.93. The van der Waals surface area contributed by atoms with Gasteiger partial charge >= 0.3 is 0 Å². The van der Waals surface area contributed by atoms with Crippen LogP contribution in [-0.2, 0) is 0 Å². The van der Waals surface area contributed by atoms with Gasteiger partial charge in [-0.3, -0.25) is 9.59 Å². The summed E-state index contributed by atoms with van der Waals surface area (Å²) in [4.78, 5) is 28.6. The van der Waals surface area contributed by atoms with Crippen LogP contribution in [0.15, 0.2) is 48.5 Å². The first-order chi connectivity index (χ1) is 18.2. The summed E-state index contributed by atoms with van der Waals surface area (Å²) in [5.41, 5.74) is 2.31. The van der Waals surface area contributed by atoms with Crippen molar-refractivity contribution in [2.45, 2.75) is 78.6 Å². The van der Waals surface area contributed by atoms with Crippen molar-refractivity contribution < 1.29 is 9.59 Å². The second-order valence-electron chi connectivity index (χ2n) is 15.9. The van der Waals surface area contributed by atoms with Gasteiger partial charge in [-0.2, -0.15) is 0 Å². The molecule has 1 aliphatic rings. The van der Waals surface area contributed by atoms with Crippen LogP contribution in [0.4, 0.5) is 0 Å². The molecule has 4 aromatic rings. The lowest BCUT2D eigenvalue weighted by Crippen LogP contribution is -2.44. The van der Waals surface area contributed by atoms with Crippen molar-refractivity contribution in [1.29, 1.82) is 0 Å². The van der Waals surface area contributed by atoms with Gasteiger partial charge in [0, 0.05) is 22.3 Å². The van der Waals surface area contributed by atoms with E-state index in [1.165, 1.54) is 42.3 Å². The van der Waals surface area contributed by atoms with E-state index in [0.717, 1.165) is 0 Å². The average molecular weight is 597 g/mol. The molecule has 0 saturated carbocycles. The highest BCUT2D eigenvalue weighted by atomic mass is 28.3. The summed E-state index contributed by atoms with van der Waals surface area (Å²) in [7, 11) is -6.79. The van der Waals surface area contributed by atoms with E-state index in [-0.39, 0.29) is 11.6 Å². The summed E-state index contributed by atoms with van der Waals surface area (Å²) in [5, 5.41) is 10.1. The molecule has 0 N–H and O–H groups in total. The minimum Gasteiger partial charge on any atom is -0.289 e. The molecule has 1 aliphatic carbocycles. The molecule has 0 radical (unpaired) electrons. The van der Waals surface area contributed by atoms with Crippen LogP contribution in [0, 0.1) is 0 Å². The van der Waals surface area contributed by atoms with Crippen molar-refractivity contribution in [3.63, 3.8) is 0 Å². The Hall–Kier alpha value is -2.39. The lowest BCUT2D eigenvalue weighted by atomic mass is 9.81. The fourth-order valence-electron chi connectivity index (χ4n) is 6.44. The van der Waals surface area contributed by atoms with E-state index in [2.05, 4.69) is 127 Å². The van der Waals surface area contributed by atoms with Gasteiger partial charge in [-0.05, 0) is 45.8 Å². The number of hydrogen-bond acceptors (Lipinski definition) is 2. The number of carbonyl (C=O) groups is 2. The van der Waals surface area contributed by atoms with Gasteiger partial charge in [0.05, 0.1) is 32.3 Å². The Morgan fingerprint density at radius 2 is 0.525 bits per heavy atom. The largest absolute Gasteiger partial charge is 0.289 e. The number of fused-ring (bicyclic) bond motifs is 4. The Balaban J connectivity index is 1.88. The quantitative estimate of drug-likeness (QED) is 0.211. The van der Waals surface area contributed by atoms with Crippen LogP contribution < -0.4 is 20.7 Å². The predicted octanol–water partition coefficient (Wildman–Crippen LogP) is 6.95. The van der Waals surface area contributed by atoms with E-state index in [9.17, 15) is 9.59 Å². The maximum atomic E-state index is 14.3. The fraction of sp³-hybridized carbons (Fsp3) is 0.353. The second kappa shape index (κ2) is 9.05. The van der Waals surface area contributed by atoms with Crippen molar-refractivity contribution in [3.8, 4) is 0 Å². The molecule has 0 amide bonds. The molecular formula is C34H44O2Si4. The maximum absolute atomic E-state index is 14.3. The summed E-state index contributed by atoms with van der Waals surface area (Å²) in [6.45, 7) is 28.3. The molecular weight excluding hydrogens is 553 g/mol. The standard InChI is InChI=1S/C34H44O2Si4/c1-37(2,3)29-13-14-30(38(4,5)6)22-18-26-25(17-21(22)29)33(35)27-19-23-24(20-28(27)34(26)36)32(40(10,11)12)16-15-31(23)39(7,8)9/h13-20H,1-12H3. The monoisotopic (exact) mass is 596 g/mol. The number of hydrogen-bond donors (Lipinski definition) is 0. The minimum atomic E-state index is -1.70. The molecule has 0 aromatic heterocycles. The summed E-state index contributed by atoms with van der Waals surface area (Å²) in [5.74, 6) is -0.0125. The van der Waals surface area contributed by atoms with Crippen molar-refractivity contribution in [1.82, 2.24) is 0 Å². The van der Waals surface area contributed by atoms with E-state index in [1.54, 1.807) is 0 Å². The van der Waals surface area contributed by atoms with Crippen LogP contribution in [0.3, 0.4) is 0 Å². The lowest BCUT2D eigenvalue weighted by Gasteiger charge is -2.28. The Bertz CT molecular complexity index is 1500. The van der Waals surface area contributed by atoms with Crippen LogP contribution >= 0.6 is 0 Å². The fourth-order valence-corrected chi connectivity index (χ4v) is 12.8. The molecule has 2 nitrogen and oxygen atoms in total. The zero-order valence-electron chi connectivity index (χ0n) is 26.4. The summed E-state index contributed by atoms with van der Waals surface area (Å²) >= 11 is 0. The van der Waals surface area contributed by atoms with Crippen molar-refractivity contribution in [3.05, 3.63) is 70.8 Å². The molecule has 0 atom stereocenters. The van der Waals surface area contributed by atoms with Crippen LogP contribution in [0.1, 0.15) is 31.8 Å². The molecule has 0 aliphatic heterocycles. The first kappa shape index (κ1) is 29.1. The molecule has 4 aromatic carbocycles. The second-order valence-corrected chi connectivity index (χ2v) is 36.0. The first-order valence-corrected chi connectivity index (χ1v) is 28.5. The van der Waals surface area contributed by atoms with Crippen LogP contribution in [0.25, 0.3) is 21.5 Å². The molecule has 0 heterocycles. The molecule has 5 rings (SSSR count).